The van der Waals surface area contributed by atoms with Crippen LogP contribution >= 0.6 is 0 Å². The van der Waals surface area contributed by atoms with E-state index in [1.807, 2.05) is 44.2 Å². The van der Waals surface area contributed by atoms with Gasteiger partial charge in [-0.2, -0.15) is 0 Å². The summed E-state index contributed by atoms with van der Waals surface area (Å²) in [5.74, 6) is 1.02. The number of nitrogens with one attached hydrogen (secondary N) is 2. The van der Waals surface area contributed by atoms with Crippen LogP contribution in [0.25, 0.3) is 0 Å². The summed E-state index contributed by atoms with van der Waals surface area (Å²) in [7, 11) is 0. The second-order valence-electron chi connectivity index (χ2n) is 6.43. The molecule has 0 aliphatic carbocycles. The molecular weight excluding hydrogens is 316 g/mol. The molecule has 1 aliphatic rings. The van der Waals surface area contributed by atoms with Crippen LogP contribution in [0, 0.1) is 19.8 Å². The van der Waals surface area contributed by atoms with Crippen LogP contribution in [0.2, 0.25) is 0 Å². The molecule has 0 aromatic heterocycles. The minimum atomic E-state index is -0.227. The minimum absolute atomic E-state index is 0.0397. The van der Waals surface area contributed by atoms with Gasteiger partial charge in [0.1, 0.15) is 11.5 Å². The molecule has 2 amide bonds. The SMILES string of the molecule is Cc1ccc(Oc2cccc(NC(=O)CC3CCNC3=O)c2)c(C)c1. The van der Waals surface area contributed by atoms with Crippen LogP contribution < -0.4 is 15.4 Å². The number of hydrogen-bond donors (Lipinski definition) is 2. The van der Waals surface area contributed by atoms with Crippen molar-refractivity contribution in [3.63, 3.8) is 0 Å². The molecule has 1 atom stereocenters. The zero-order valence-corrected chi connectivity index (χ0v) is 14.5. The highest BCUT2D eigenvalue weighted by Crippen LogP contribution is 2.27. The van der Waals surface area contributed by atoms with Gasteiger partial charge in [-0.1, -0.05) is 23.8 Å². The van der Waals surface area contributed by atoms with E-state index in [9.17, 15) is 9.59 Å². The second-order valence-corrected chi connectivity index (χ2v) is 6.43. The van der Waals surface area contributed by atoms with Crippen molar-refractivity contribution in [2.24, 2.45) is 5.92 Å². The predicted octanol–water partition coefficient (Wildman–Crippen LogP) is 3.56. The van der Waals surface area contributed by atoms with E-state index in [1.54, 1.807) is 6.07 Å². The first kappa shape index (κ1) is 17.0. The summed E-state index contributed by atoms with van der Waals surface area (Å²) in [6, 6.07) is 13.3. The highest BCUT2D eigenvalue weighted by atomic mass is 16.5. The van der Waals surface area contributed by atoms with Gasteiger partial charge < -0.3 is 15.4 Å². The fraction of sp³-hybridized carbons (Fsp3) is 0.300. The van der Waals surface area contributed by atoms with Gasteiger partial charge in [-0.3, -0.25) is 9.59 Å². The molecule has 1 saturated heterocycles. The van der Waals surface area contributed by atoms with Crippen LogP contribution in [0.3, 0.4) is 0 Å². The van der Waals surface area contributed by atoms with Crippen LogP contribution in [0.15, 0.2) is 42.5 Å². The highest BCUT2D eigenvalue weighted by molar-refractivity contribution is 5.94. The molecule has 0 saturated carbocycles. The van der Waals surface area contributed by atoms with Gasteiger partial charge in [0.2, 0.25) is 11.8 Å². The molecule has 5 heteroatoms. The summed E-state index contributed by atoms with van der Waals surface area (Å²) in [6.45, 7) is 4.69. The monoisotopic (exact) mass is 338 g/mol. The van der Waals surface area contributed by atoms with Gasteiger partial charge in [0.05, 0.1) is 0 Å². The fourth-order valence-corrected chi connectivity index (χ4v) is 2.95. The topological polar surface area (TPSA) is 67.4 Å². The summed E-state index contributed by atoms with van der Waals surface area (Å²) < 4.78 is 5.92. The van der Waals surface area contributed by atoms with E-state index in [0.717, 1.165) is 11.3 Å². The fourth-order valence-electron chi connectivity index (χ4n) is 2.95. The Balaban J connectivity index is 1.64. The third-order valence-corrected chi connectivity index (χ3v) is 4.27. The van der Waals surface area contributed by atoms with Crippen molar-refractivity contribution >= 4 is 17.5 Å². The maximum absolute atomic E-state index is 12.1. The van der Waals surface area contributed by atoms with Crippen molar-refractivity contribution in [3.8, 4) is 11.5 Å². The van der Waals surface area contributed by atoms with Crippen LogP contribution in [-0.4, -0.2) is 18.4 Å². The zero-order chi connectivity index (χ0) is 17.8. The number of hydrogen-bond acceptors (Lipinski definition) is 3. The minimum Gasteiger partial charge on any atom is -0.457 e. The molecule has 0 bridgehead atoms. The van der Waals surface area contributed by atoms with E-state index in [-0.39, 0.29) is 24.2 Å². The van der Waals surface area contributed by atoms with Gasteiger partial charge >= 0.3 is 0 Å². The van der Waals surface area contributed by atoms with Crippen LogP contribution in [0.4, 0.5) is 5.69 Å². The van der Waals surface area contributed by atoms with E-state index in [1.165, 1.54) is 5.56 Å². The molecule has 0 radical (unpaired) electrons. The third kappa shape index (κ3) is 4.38. The van der Waals surface area contributed by atoms with E-state index in [2.05, 4.69) is 16.7 Å². The van der Waals surface area contributed by atoms with E-state index in [0.29, 0.717) is 24.4 Å². The second kappa shape index (κ2) is 7.38. The molecule has 25 heavy (non-hydrogen) atoms. The Morgan fingerprint density at radius 1 is 1.24 bits per heavy atom. The number of aryl methyl sites for hydroxylation is 2. The molecule has 130 valence electrons. The van der Waals surface area contributed by atoms with Gasteiger partial charge in [-0.25, -0.2) is 0 Å². The van der Waals surface area contributed by atoms with E-state index in [4.69, 9.17) is 4.74 Å². The molecule has 2 aromatic rings. The van der Waals surface area contributed by atoms with Gasteiger partial charge in [0.15, 0.2) is 0 Å². The number of carbonyl (C=O) groups is 2. The largest absolute Gasteiger partial charge is 0.457 e. The molecule has 0 spiro atoms. The summed E-state index contributed by atoms with van der Waals surface area (Å²) in [4.78, 5) is 23.7. The molecule has 1 fully saturated rings. The maximum Gasteiger partial charge on any atom is 0.225 e. The summed E-state index contributed by atoms with van der Waals surface area (Å²) in [5.41, 5.74) is 2.90. The summed E-state index contributed by atoms with van der Waals surface area (Å²) in [5, 5.41) is 5.59. The zero-order valence-electron chi connectivity index (χ0n) is 14.5. The van der Waals surface area contributed by atoms with E-state index < -0.39 is 0 Å². The average molecular weight is 338 g/mol. The van der Waals surface area contributed by atoms with Crippen LogP contribution in [-0.2, 0) is 9.59 Å². The quantitative estimate of drug-likeness (QED) is 0.876. The van der Waals surface area contributed by atoms with Gasteiger partial charge in [0.25, 0.3) is 0 Å². The number of benzene rings is 2. The lowest BCUT2D eigenvalue weighted by Gasteiger charge is -2.12. The molecule has 1 aliphatic heterocycles. The summed E-state index contributed by atoms with van der Waals surface area (Å²) >= 11 is 0. The highest BCUT2D eigenvalue weighted by Gasteiger charge is 2.26. The molecular formula is C20H22N2O3. The Morgan fingerprint density at radius 3 is 2.80 bits per heavy atom. The van der Waals surface area contributed by atoms with E-state index >= 15 is 0 Å². The average Bonchev–Trinajstić information content (AvgIpc) is 2.95. The van der Waals surface area contributed by atoms with Crippen LogP contribution in [0.5, 0.6) is 11.5 Å². The van der Waals surface area contributed by atoms with Gasteiger partial charge in [-0.15, -0.1) is 0 Å². The van der Waals surface area contributed by atoms with Crippen molar-refractivity contribution in [2.75, 3.05) is 11.9 Å². The lowest BCUT2D eigenvalue weighted by molar-refractivity contribution is -0.126. The third-order valence-electron chi connectivity index (χ3n) is 4.27. The number of rotatable bonds is 5. The Labute approximate surface area is 147 Å². The molecule has 2 N–H and O–H groups in total. The van der Waals surface area contributed by atoms with Crippen molar-refractivity contribution in [1.29, 1.82) is 0 Å². The first-order valence-corrected chi connectivity index (χ1v) is 8.44. The maximum atomic E-state index is 12.1. The molecule has 1 heterocycles. The Hall–Kier alpha value is -2.82. The van der Waals surface area contributed by atoms with Crippen LogP contribution in [0.1, 0.15) is 24.0 Å². The van der Waals surface area contributed by atoms with Crippen molar-refractivity contribution in [3.05, 3.63) is 53.6 Å². The molecule has 2 aromatic carbocycles. The van der Waals surface area contributed by atoms with Crippen molar-refractivity contribution < 1.29 is 14.3 Å². The Kier molecular flexibility index (Phi) is 5.03. The van der Waals surface area contributed by atoms with Crippen molar-refractivity contribution in [1.82, 2.24) is 5.32 Å². The van der Waals surface area contributed by atoms with Crippen molar-refractivity contribution in [2.45, 2.75) is 26.7 Å². The normalized spacial score (nSPS) is 16.4. The first-order chi connectivity index (χ1) is 12.0. The molecule has 1 unspecified atom stereocenters. The smallest absolute Gasteiger partial charge is 0.225 e. The number of carbonyl (C=O) groups excluding carboxylic acids is 2. The predicted molar refractivity (Wildman–Crippen MR) is 96.8 cm³/mol. The number of ether oxygens (including phenoxy) is 1. The Morgan fingerprint density at radius 2 is 2.08 bits per heavy atom. The summed E-state index contributed by atoms with van der Waals surface area (Å²) in [6.07, 6.45) is 0.913. The number of anilines is 1. The molecule has 5 nitrogen and oxygen atoms in total. The lowest BCUT2D eigenvalue weighted by atomic mass is 10.0. The van der Waals surface area contributed by atoms with Gasteiger partial charge in [-0.05, 0) is 44.0 Å². The Bertz CT molecular complexity index is 801. The lowest BCUT2D eigenvalue weighted by Crippen LogP contribution is -2.23. The molecule has 3 rings (SSSR count). The van der Waals surface area contributed by atoms with Gasteiger partial charge in [0, 0.05) is 30.6 Å². The number of amides is 2. The first-order valence-electron chi connectivity index (χ1n) is 8.44. The standard InChI is InChI=1S/C20H22N2O3/c1-13-6-7-18(14(2)10-13)25-17-5-3-4-16(12-17)22-19(23)11-15-8-9-21-20(15)24/h3-7,10,12,15H,8-9,11H2,1-2H3,(H,21,24)(H,22,23).